The first kappa shape index (κ1) is 12.8. The number of hydrogen-bond acceptors (Lipinski definition) is 1. The van der Waals surface area contributed by atoms with Gasteiger partial charge in [-0.15, -0.1) is 0 Å². The van der Waals surface area contributed by atoms with Crippen LogP contribution in [0.5, 0.6) is 0 Å². The third-order valence-electron chi connectivity index (χ3n) is 2.64. The summed E-state index contributed by atoms with van der Waals surface area (Å²) in [6.07, 6.45) is 5.26. The summed E-state index contributed by atoms with van der Waals surface area (Å²) in [6.45, 7) is 4.36. The van der Waals surface area contributed by atoms with Crippen LogP contribution in [-0.2, 0) is 11.2 Å². The van der Waals surface area contributed by atoms with Crippen LogP contribution in [0.15, 0.2) is 24.3 Å². The summed E-state index contributed by atoms with van der Waals surface area (Å²) in [5.41, 5.74) is 2.24. The van der Waals surface area contributed by atoms with Crippen molar-refractivity contribution < 1.29 is 6.22 Å². The molecule has 1 N–H and O–H groups in total. The number of unbranched alkanes of at least 4 members (excludes halogenated alkanes) is 1. The Hall–Kier alpha value is -1.31. The molecular formula is C14H23NO. The number of aryl methyl sites for hydroxylation is 1. The highest BCUT2D eigenvalue weighted by atomic mass is 16.1. The van der Waals surface area contributed by atoms with Gasteiger partial charge in [0.1, 0.15) is 0 Å². The van der Waals surface area contributed by atoms with Crippen molar-refractivity contribution in [2.75, 3.05) is 5.32 Å². The maximum Gasteiger partial charge on any atom is 0.224 e. The zero-order valence-corrected chi connectivity index (χ0v) is 10.3. The fourth-order valence-corrected chi connectivity index (χ4v) is 1.51. The van der Waals surface area contributed by atoms with E-state index < -0.39 is 0 Å². The lowest BCUT2D eigenvalue weighted by Crippen LogP contribution is -2.08. The maximum absolute atomic E-state index is 11.1. The van der Waals surface area contributed by atoms with Gasteiger partial charge in [-0.25, -0.2) is 0 Å². The normalized spacial score (nSPS) is 14.0. The Morgan fingerprint density at radius 3 is 2.56 bits per heavy atom. The summed E-state index contributed by atoms with van der Waals surface area (Å²) in [5.74, 6) is 0.139. The Morgan fingerprint density at radius 1 is 1.19 bits per heavy atom. The molecule has 1 aliphatic rings. The van der Waals surface area contributed by atoms with Crippen LogP contribution in [0.25, 0.3) is 0 Å². The molecule has 2 heteroatoms. The lowest BCUT2D eigenvalue weighted by molar-refractivity contribution is -0.116. The summed E-state index contributed by atoms with van der Waals surface area (Å²) < 4.78 is 0. The Balaban J connectivity index is 0.000000453. The van der Waals surface area contributed by atoms with Gasteiger partial charge in [0, 0.05) is 13.5 Å². The number of nitrogens with one attached hydrogen (secondary N) is 1. The molecule has 90 valence electrons. The van der Waals surface area contributed by atoms with Crippen molar-refractivity contribution in [1.29, 1.82) is 0 Å². The second-order valence-electron chi connectivity index (χ2n) is 4.06. The van der Waals surface area contributed by atoms with E-state index in [4.69, 9.17) is 0 Å². The van der Waals surface area contributed by atoms with Crippen LogP contribution >= 0.6 is 0 Å². The minimum absolute atomic E-state index is 0. The van der Waals surface area contributed by atoms with Gasteiger partial charge < -0.3 is 5.32 Å². The van der Waals surface area contributed by atoms with Crippen molar-refractivity contribution in [3.63, 3.8) is 0 Å². The summed E-state index contributed by atoms with van der Waals surface area (Å²) in [4.78, 5) is 11.1. The van der Waals surface area contributed by atoms with Crippen molar-refractivity contribution >= 4 is 11.6 Å². The smallest absolute Gasteiger partial charge is 0.224 e. The van der Waals surface area contributed by atoms with Gasteiger partial charge in [0.2, 0.25) is 5.91 Å². The molecule has 0 aromatic heterocycles. The molecule has 1 aliphatic heterocycles. The highest BCUT2D eigenvalue weighted by Crippen LogP contribution is 2.20. The lowest BCUT2D eigenvalue weighted by Gasteiger charge is -2.04. The molecular weight excluding hydrogens is 198 g/mol. The number of fused-ring (bicyclic) bond motifs is 1. The molecule has 16 heavy (non-hydrogen) atoms. The number of carbonyl (C=O) groups excluding carboxylic acids is 1. The van der Waals surface area contributed by atoms with E-state index in [0.717, 1.165) is 18.5 Å². The molecule has 1 heterocycles. The van der Waals surface area contributed by atoms with Gasteiger partial charge in [0.15, 0.2) is 0 Å². The van der Waals surface area contributed by atoms with Crippen LogP contribution in [0, 0.1) is 0 Å². The van der Waals surface area contributed by atoms with Gasteiger partial charge in [0.05, 0.1) is 0 Å². The van der Waals surface area contributed by atoms with Crippen LogP contribution in [0.1, 0.15) is 46.5 Å². The molecule has 0 bridgehead atoms. The van der Waals surface area contributed by atoms with E-state index in [1.54, 1.807) is 0 Å². The molecule has 0 saturated carbocycles. The van der Waals surface area contributed by atoms with E-state index in [9.17, 15) is 4.79 Å². The number of amides is 1. The first-order valence-corrected chi connectivity index (χ1v) is 6.15. The average molecular weight is 221 g/mol. The average Bonchev–Trinajstić information content (AvgIpc) is 2.50. The van der Waals surface area contributed by atoms with Crippen LogP contribution in [0.3, 0.4) is 0 Å². The summed E-state index contributed by atoms with van der Waals surface area (Å²) in [5, 5.41) is 2.88. The van der Waals surface area contributed by atoms with Crippen LogP contribution in [0.4, 0.5) is 5.69 Å². The standard InChI is InChI=1S/C10H11NO.C4H10.H2/c12-10-7-3-5-8-4-1-2-6-9(8)11-10;1-3-4-2;/h1-2,4,6H,3,5,7H2,(H,11,12);3-4H2,1-2H3;1H. The third kappa shape index (κ3) is 4.05. The molecule has 0 unspecified atom stereocenters. The second-order valence-corrected chi connectivity index (χ2v) is 4.06. The number of rotatable bonds is 1. The molecule has 2 nitrogen and oxygen atoms in total. The monoisotopic (exact) mass is 221 g/mol. The minimum Gasteiger partial charge on any atom is -0.326 e. The Morgan fingerprint density at radius 2 is 1.88 bits per heavy atom. The first-order chi connectivity index (χ1) is 7.77. The fourth-order valence-electron chi connectivity index (χ4n) is 1.51. The highest BCUT2D eigenvalue weighted by Gasteiger charge is 2.10. The van der Waals surface area contributed by atoms with Gasteiger partial charge in [0.25, 0.3) is 0 Å². The predicted octanol–water partition coefficient (Wildman–Crippen LogP) is 4.01. The summed E-state index contributed by atoms with van der Waals surface area (Å²) >= 11 is 0. The van der Waals surface area contributed by atoms with Crippen LogP contribution < -0.4 is 5.32 Å². The molecule has 1 aromatic carbocycles. The van der Waals surface area contributed by atoms with Gasteiger partial charge in [-0.3, -0.25) is 4.79 Å². The van der Waals surface area contributed by atoms with E-state index in [1.165, 1.54) is 18.4 Å². The molecule has 1 amide bonds. The molecule has 0 atom stereocenters. The highest BCUT2D eigenvalue weighted by molar-refractivity contribution is 5.92. The minimum atomic E-state index is 0. The summed E-state index contributed by atoms with van der Waals surface area (Å²) in [6, 6.07) is 7.99. The molecule has 0 fully saturated rings. The number of hydrogen-bond donors (Lipinski definition) is 1. The number of carbonyl (C=O) groups is 1. The van der Waals surface area contributed by atoms with Crippen molar-refractivity contribution in [2.24, 2.45) is 0 Å². The van der Waals surface area contributed by atoms with Gasteiger partial charge >= 0.3 is 0 Å². The number of benzene rings is 1. The lowest BCUT2D eigenvalue weighted by atomic mass is 10.1. The van der Waals surface area contributed by atoms with Crippen molar-refractivity contribution in [1.82, 2.24) is 0 Å². The fraction of sp³-hybridized carbons (Fsp3) is 0.500. The molecule has 0 saturated heterocycles. The van der Waals surface area contributed by atoms with E-state index >= 15 is 0 Å². The largest absolute Gasteiger partial charge is 0.326 e. The zero-order chi connectivity index (χ0) is 11.8. The third-order valence-corrected chi connectivity index (χ3v) is 2.64. The zero-order valence-electron chi connectivity index (χ0n) is 10.3. The predicted molar refractivity (Wildman–Crippen MR) is 70.7 cm³/mol. The second kappa shape index (κ2) is 7.04. The number of anilines is 1. The van der Waals surface area contributed by atoms with Crippen molar-refractivity contribution in [3.05, 3.63) is 29.8 Å². The molecule has 1 aromatic rings. The van der Waals surface area contributed by atoms with Gasteiger partial charge in [-0.2, -0.15) is 0 Å². The van der Waals surface area contributed by atoms with Crippen molar-refractivity contribution in [3.8, 4) is 0 Å². The topological polar surface area (TPSA) is 29.1 Å². The van der Waals surface area contributed by atoms with Gasteiger partial charge in [-0.1, -0.05) is 44.9 Å². The Labute approximate surface area is 99.5 Å². The molecule has 0 radical (unpaired) electrons. The van der Waals surface area contributed by atoms with Gasteiger partial charge in [-0.05, 0) is 24.5 Å². The van der Waals surface area contributed by atoms with E-state index in [0.29, 0.717) is 6.42 Å². The molecule has 0 spiro atoms. The quantitative estimate of drug-likeness (QED) is 0.762. The Bertz CT molecular complexity index is 337. The SMILES string of the molecule is CCCC.O=C1CCCc2ccccc2N1.[HH]. The molecule has 2 rings (SSSR count). The van der Waals surface area contributed by atoms with E-state index in [1.807, 2.05) is 18.2 Å². The van der Waals surface area contributed by atoms with E-state index in [2.05, 4.69) is 25.2 Å². The van der Waals surface area contributed by atoms with Crippen LogP contribution in [0.2, 0.25) is 0 Å². The van der Waals surface area contributed by atoms with E-state index in [-0.39, 0.29) is 7.33 Å². The maximum atomic E-state index is 11.1. The summed E-state index contributed by atoms with van der Waals surface area (Å²) in [7, 11) is 0. The first-order valence-electron chi connectivity index (χ1n) is 6.15. The van der Waals surface area contributed by atoms with Crippen LogP contribution in [-0.4, -0.2) is 5.91 Å². The molecule has 0 aliphatic carbocycles. The number of para-hydroxylation sites is 1. The Kier molecular flexibility index (Phi) is 5.62. The van der Waals surface area contributed by atoms with Crippen molar-refractivity contribution in [2.45, 2.75) is 46.0 Å².